The van der Waals surface area contributed by atoms with E-state index in [4.69, 9.17) is 4.74 Å². The van der Waals surface area contributed by atoms with Crippen LogP contribution in [0.5, 0.6) is 11.5 Å². The Bertz CT molecular complexity index is 797. The molecular formula is C22H22O4. The van der Waals surface area contributed by atoms with Crippen LogP contribution in [0.1, 0.15) is 25.0 Å². The standard InChI is InChI=1S/C20H16O4.C2H6/c1-3-17-18(4-2)20(24-19(17)23,13-5-9-15(21)10-6-13)14-7-11-16(22)12-8-14;1-2/h3-12,21-22H,1-2H2;1-2H3. The Balaban J connectivity index is 0.00000117. The molecule has 26 heavy (non-hydrogen) atoms. The predicted octanol–water partition coefficient (Wildman–Crippen LogP) is 4.59. The number of phenolic OH excluding ortho intramolecular Hbond substituents is 2. The van der Waals surface area contributed by atoms with Crippen LogP contribution < -0.4 is 0 Å². The highest BCUT2D eigenvalue weighted by atomic mass is 16.6. The van der Waals surface area contributed by atoms with Gasteiger partial charge in [0.25, 0.3) is 0 Å². The molecule has 4 nitrogen and oxygen atoms in total. The van der Waals surface area contributed by atoms with Gasteiger partial charge in [-0.1, -0.05) is 63.4 Å². The lowest BCUT2D eigenvalue weighted by atomic mass is 9.79. The van der Waals surface area contributed by atoms with E-state index in [0.717, 1.165) is 0 Å². The second kappa shape index (κ2) is 7.74. The van der Waals surface area contributed by atoms with Crippen molar-refractivity contribution in [1.29, 1.82) is 0 Å². The molecule has 3 rings (SSSR count). The van der Waals surface area contributed by atoms with Gasteiger partial charge in [-0.3, -0.25) is 0 Å². The van der Waals surface area contributed by atoms with Crippen molar-refractivity contribution < 1.29 is 19.7 Å². The Morgan fingerprint density at radius 2 is 1.27 bits per heavy atom. The van der Waals surface area contributed by atoms with Crippen LogP contribution in [0.4, 0.5) is 0 Å². The van der Waals surface area contributed by atoms with Gasteiger partial charge < -0.3 is 14.9 Å². The molecule has 4 heteroatoms. The Morgan fingerprint density at radius 3 is 1.62 bits per heavy atom. The van der Waals surface area contributed by atoms with Gasteiger partial charge in [0.05, 0.1) is 5.57 Å². The van der Waals surface area contributed by atoms with Gasteiger partial charge in [0.15, 0.2) is 5.60 Å². The Morgan fingerprint density at radius 1 is 0.846 bits per heavy atom. The van der Waals surface area contributed by atoms with E-state index in [0.29, 0.717) is 22.3 Å². The number of ether oxygens (including phenoxy) is 1. The Hall–Kier alpha value is -3.27. The first-order valence-electron chi connectivity index (χ1n) is 8.35. The summed E-state index contributed by atoms with van der Waals surface area (Å²) < 4.78 is 5.79. The summed E-state index contributed by atoms with van der Waals surface area (Å²) in [5.74, 6) is -0.282. The van der Waals surface area contributed by atoms with Gasteiger partial charge in [-0.15, -0.1) is 0 Å². The third-order valence-electron chi connectivity index (χ3n) is 4.09. The summed E-state index contributed by atoms with van der Waals surface area (Å²) in [7, 11) is 0. The molecule has 1 heterocycles. The van der Waals surface area contributed by atoms with E-state index in [-0.39, 0.29) is 11.5 Å². The number of esters is 1. The maximum atomic E-state index is 12.4. The summed E-state index contributed by atoms with van der Waals surface area (Å²) in [6.07, 6.45) is 3.02. The maximum absolute atomic E-state index is 12.4. The first-order chi connectivity index (χ1) is 12.5. The quantitative estimate of drug-likeness (QED) is 0.791. The largest absolute Gasteiger partial charge is 0.508 e. The first kappa shape index (κ1) is 19.1. The number of benzene rings is 2. The highest BCUT2D eigenvalue weighted by Crippen LogP contribution is 2.47. The number of carbonyl (C=O) groups is 1. The van der Waals surface area contributed by atoms with Crippen LogP contribution in [0.25, 0.3) is 0 Å². The molecule has 0 aromatic heterocycles. The first-order valence-corrected chi connectivity index (χ1v) is 8.35. The van der Waals surface area contributed by atoms with Gasteiger partial charge in [0.2, 0.25) is 0 Å². The lowest BCUT2D eigenvalue weighted by Crippen LogP contribution is -2.30. The van der Waals surface area contributed by atoms with Gasteiger partial charge in [-0.25, -0.2) is 4.79 Å². The van der Waals surface area contributed by atoms with Crippen LogP contribution in [0.15, 0.2) is 85.0 Å². The molecule has 0 saturated heterocycles. The number of rotatable bonds is 4. The number of cyclic esters (lactones) is 1. The molecule has 0 radical (unpaired) electrons. The molecule has 0 bridgehead atoms. The molecule has 2 N–H and O–H groups in total. The fraction of sp³-hybridized carbons (Fsp3) is 0.136. The summed E-state index contributed by atoms with van der Waals surface area (Å²) in [4.78, 5) is 12.4. The predicted molar refractivity (Wildman–Crippen MR) is 102 cm³/mol. The smallest absolute Gasteiger partial charge is 0.340 e. The fourth-order valence-electron chi connectivity index (χ4n) is 2.98. The van der Waals surface area contributed by atoms with Crippen LogP contribution in [0, 0.1) is 0 Å². The van der Waals surface area contributed by atoms with E-state index in [9.17, 15) is 15.0 Å². The zero-order valence-corrected chi connectivity index (χ0v) is 14.9. The molecule has 2 aromatic carbocycles. The van der Waals surface area contributed by atoms with E-state index >= 15 is 0 Å². The number of aromatic hydroxyl groups is 2. The average Bonchev–Trinajstić information content (AvgIpc) is 2.96. The van der Waals surface area contributed by atoms with Crippen molar-refractivity contribution in [1.82, 2.24) is 0 Å². The molecular weight excluding hydrogens is 328 g/mol. The molecule has 0 saturated carbocycles. The summed E-state index contributed by atoms with van der Waals surface area (Å²) >= 11 is 0. The summed E-state index contributed by atoms with van der Waals surface area (Å²) in [5.41, 5.74) is 1.02. The SMILES string of the molecule is C=CC1=C(C=C)C(c2ccc(O)cc2)(c2ccc(O)cc2)OC1=O.CC. The third-order valence-corrected chi connectivity index (χ3v) is 4.09. The van der Waals surface area contributed by atoms with E-state index < -0.39 is 11.6 Å². The molecule has 0 aliphatic carbocycles. The van der Waals surface area contributed by atoms with Gasteiger partial charge in [-0.2, -0.15) is 0 Å². The Kier molecular flexibility index (Phi) is 5.68. The van der Waals surface area contributed by atoms with Crippen LogP contribution >= 0.6 is 0 Å². The third kappa shape index (κ3) is 3.02. The molecule has 1 aliphatic rings. The van der Waals surface area contributed by atoms with E-state index in [2.05, 4.69) is 13.2 Å². The topological polar surface area (TPSA) is 66.8 Å². The minimum absolute atomic E-state index is 0.108. The van der Waals surface area contributed by atoms with E-state index in [1.807, 2.05) is 13.8 Å². The van der Waals surface area contributed by atoms with Crippen molar-refractivity contribution in [3.05, 3.63) is 96.1 Å². The summed E-state index contributed by atoms with van der Waals surface area (Å²) in [6.45, 7) is 11.5. The fourth-order valence-corrected chi connectivity index (χ4v) is 2.98. The lowest BCUT2D eigenvalue weighted by Gasteiger charge is -2.31. The van der Waals surface area contributed by atoms with E-state index in [1.54, 1.807) is 30.3 Å². The minimum Gasteiger partial charge on any atom is -0.508 e. The molecule has 0 fully saturated rings. The van der Waals surface area contributed by atoms with Crippen molar-refractivity contribution in [2.75, 3.05) is 0 Å². The summed E-state index contributed by atoms with van der Waals surface area (Å²) in [6, 6.07) is 12.8. The summed E-state index contributed by atoms with van der Waals surface area (Å²) in [5, 5.41) is 19.1. The van der Waals surface area contributed by atoms with Gasteiger partial charge >= 0.3 is 5.97 Å². The number of hydrogen-bond donors (Lipinski definition) is 2. The molecule has 0 unspecified atom stereocenters. The monoisotopic (exact) mass is 350 g/mol. The van der Waals surface area contributed by atoms with Gasteiger partial charge in [0, 0.05) is 16.7 Å². The Labute approximate surface area is 153 Å². The van der Waals surface area contributed by atoms with Crippen molar-refractivity contribution in [3.63, 3.8) is 0 Å². The van der Waals surface area contributed by atoms with Crippen molar-refractivity contribution in [3.8, 4) is 11.5 Å². The normalized spacial score (nSPS) is 14.9. The van der Waals surface area contributed by atoms with Crippen LogP contribution in [-0.4, -0.2) is 16.2 Å². The highest BCUT2D eigenvalue weighted by molar-refractivity contribution is 5.97. The number of hydrogen-bond acceptors (Lipinski definition) is 4. The minimum atomic E-state index is -1.20. The van der Waals surface area contributed by atoms with Crippen molar-refractivity contribution in [2.24, 2.45) is 0 Å². The van der Waals surface area contributed by atoms with Crippen LogP contribution in [-0.2, 0) is 15.1 Å². The van der Waals surface area contributed by atoms with Gasteiger partial charge in [0.1, 0.15) is 11.5 Å². The van der Waals surface area contributed by atoms with Crippen LogP contribution in [0.3, 0.4) is 0 Å². The number of carbonyl (C=O) groups excluding carboxylic acids is 1. The molecule has 1 aliphatic heterocycles. The molecule has 0 spiro atoms. The van der Waals surface area contributed by atoms with Crippen LogP contribution in [0.2, 0.25) is 0 Å². The molecule has 2 aromatic rings. The maximum Gasteiger partial charge on any atom is 0.340 e. The zero-order valence-electron chi connectivity index (χ0n) is 14.9. The van der Waals surface area contributed by atoms with Gasteiger partial charge in [-0.05, 0) is 24.3 Å². The van der Waals surface area contributed by atoms with E-state index in [1.165, 1.54) is 30.3 Å². The van der Waals surface area contributed by atoms with Crippen molar-refractivity contribution >= 4 is 5.97 Å². The number of phenols is 2. The molecule has 134 valence electrons. The molecule has 0 amide bonds. The molecule has 0 atom stereocenters. The van der Waals surface area contributed by atoms with Crippen molar-refractivity contribution in [2.45, 2.75) is 19.4 Å². The average molecular weight is 350 g/mol. The highest BCUT2D eigenvalue weighted by Gasteiger charge is 2.48. The second-order valence-corrected chi connectivity index (χ2v) is 5.40. The second-order valence-electron chi connectivity index (χ2n) is 5.40. The zero-order chi connectivity index (χ0) is 19.3. The lowest BCUT2D eigenvalue weighted by molar-refractivity contribution is -0.144.